The van der Waals surface area contributed by atoms with Crippen LogP contribution in [0.15, 0.2) is 23.2 Å². The van der Waals surface area contributed by atoms with Gasteiger partial charge in [-0.1, -0.05) is 25.2 Å². The maximum absolute atomic E-state index is 13.4. The summed E-state index contributed by atoms with van der Waals surface area (Å²) in [5, 5.41) is 12.2. The molecule has 1 N–H and O–H groups in total. The highest BCUT2D eigenvalue weighted by Gasteiger charge is 2.38. The lowest BCUT2D eigenvalue weighted by atomic mass is 10.0. The second-order valence-corrected chi connectivity index (χ2v) is 13.0. The average Bonchev–Trinajstić information content (AvgIpc) is 3.49. The van der Waals surface area contributed by atoms with E-state index in [2.05, 4.69) is 20.0 Å². The number of anilines is 1. The molecule has 11 nitrogen and oxygen atoms in total. The van der Waals surface area contributed by atoms with Crippen LogP contribution >= 0.6 is 11.3 Å². The summed E-state index contributed by atoms with van der Waals surface area (Å²) in [7, 11) is -3.94. The van der Waals surface area contributed by atoms with Crippen LogP contribution in [0.25, 0.3) is 16.0 Å². The zero-order valence-electron chi connectivity index (χ0n) is 21.4. The molecule has 2 aliphatic rings. The smallest absolute Gasteiger partial charge is 0.291 e. The molecule has 1 aromatic carbocycles. The first-order valence-corrected chi connectivity index (χ1v) is 14.5. The van der Waals surface area contributed by atoms with Gasteiger partial charge < -0.3 is 14.5 Å². The Morgan fingerprint density at radius 2 is 1.97 bits per heavy atom. The van der Waals surface area contributed by atoms with Crippen LogP contribution < -0.4 is 9.62 Å². The number of fused-ring (bicyclic) bond motifs is 1. The molecule has 15 heteroatoms. The predicted octanol–water partition coefficient (Wildman–Crippen LogP) is 2.57. The summed E-state index contributed by atoms with van der Waals surface area (Å²) < 4.78 is 62.2. The van der Waals surface area contributed by atoms with Crippen molar-refractivity contribution < 1.29 is 26.7 Å². The van der Waals surface area contributed by atoms with Gasteiger partial charge in [0.1, 0.15) is 0 Å². The van der Waals surface area contributed by atoms with Crippen LogP contribution in [0.3, 0.4) is 0 Å². The van der Waals surface area contributed by atoms with Gasteiger partial charge in [0.05, 0.1) is 29.2 Å². The van der Waals surface area contributed by atoms with E-state index in [-0.39, 0.29) is 41.1 Å². The number of rotatable bonds is 7. The molecule has 5 rings (SSSR count). The Labute approximate surface area is 222 Å². The summed E-state index contributed by atoms with van der Waals surface area (Å²) in [6, 6.07) is 2.94. The average molecular weight is 570 g/mol. The standard InChI is InChI=1S/C23H29F2N7O4S2/c1-13(2)21(33)31-6-5-30(9-14(31)3)18-8-15(38(34,35)29-23(4)11-36-12-23)7-17-16(18)10-32(28-17)22-27-26-20(37-22)19(24)25/h7-8,10,13-14,19,29H,5-6,9,11-12H2,1-4H3/t14-/m0/s1. The Hall–Kier alpha value is -2.75. The molecule has 206 valence electrons. The first-order valence-electron chi connectivity index (χ1n) is 12.2. The Bertz CT molecular complexity index is 1470. The number of piperazine rings is 1. The van der Waals surface area contributed by atoms with Crippen LogP contribution in [0.2, 0.25) is 0 Å². The highest BCUT2D eigenvalue weighted by atomic mass is 32.2. The number of ether oxygens (including phenoxy) is 1. The fourth-order valence-corrected chi connectivity index (χ4v) is 6.73. The minimum Gasteiger partial charge on any atom is -0.377 e. The van der Waals surface area contributed by atoms with Crippen molar-refractivity contribution in [3.63, 3.8) is 0 Å². The van der Waals surface area contributed by atoms with Gasteiger partial charge in [-0.05, 0) is 26.0 Å². The molecule has 0 radical (unpaired) electrons. The van der Waals surface area contributed by atoms with Crippen molar-refractivity contribution in [2.24, 2.45) is 5.92 Å². The summed E-state index contributed by atoms with van der Waals surface area (Å²) >= 11 is 0.711. The van der Waals surface area contributed by atoms with Crippen molar-refractivity contribution in [3.8, 4) is 5.13 Å². The molecule has 38 heavy (non-hydrogen) atoms. The van der Waals surface area contributed by atoms with Crippen molar-refractivity contribution in [3.05, 3.63) is 23.3 Å². The van der Waals surface area contributed by atoms with Crippen LogP contribution in [0.5, 0.6) is 0 Å². The third-order valence-electron chi connectivity index (χ3n) is 6.67. The molecule has 0 aliphatic carbocycles. The first kappa shape index (κ1) is 26.8. The van der Waals surface area contributed by atoms with E-state index in [1.54, 1.807) is 19.2 Å². The Morgan fingerprint density at radius 1 is 1.24 bits per heavy atom. The molecule has 2 saturated heterocycles. The van der Waals surface area contributed by atoms with Crippen molar-refractivity contribution in [2.75, 3.05) is 37.7 Å². The van der Waals surface area contributed by atoms with Gasteiger partial charge in [0.15, 0.2) is 5.01 Å². The van der Waals surface area contributed by atoms with Gasteiger partial charge in [0.25, 0.3) is 6.43 Å². The van der Waals surface area contributed by atoms with Gasteiger partial charge in [-0.15, -0.1) is 10.2 Å². The van der Waals surface area contributed by atoms with E-state index in [0.29, 0.717) is 47.6 Å². The van der Waals surface area contributed by atoms with E-state index >= 15 is 0 Å². The number of halogens is 2. The van der Waals surface area contributed by atoms with Crippen molar-refractivity contribution in [2.45, 2.75) is 50.6 Å². The zero-order chi connectivity index (χ0) is 27.4. The van der Waals surface area contributed by atoms with E-state index in [1.807, 2.05) is 30.6 Å². The topological polar surface area (TPSA) is 123 Å². The normalized spacial score (nSPS) is 19.9. The van der Waals surface area contributed by atoms with Gasteiger partial charge in [0.2, 0.25) is 21.1 Å². The quantitative estimate of drug-likeness (QED) is 0.461. The number of sulfonamides is 1. The fourth-order valence-electron chi connectivity index (χ4n) is 4.69. The number of benzene rings is 1. The third-order valence-corrected chi connectivity index (χ3v) is 9.20. The van der Waals surface area contributed by atoms with Crippen LogP contribution in [0, 0.1) is 5.92 Å². The monoisotopic (exact) mass is 569 g/mol. The van der Waals surface area contributed by atoms with Crippen LogP contribution in [-0.4, -0.2) is 83.6 Å². The SMILES string of the molecule is CC(C)C(=O)N1CCN(c2cc(S(=O)(=O)NC3(C)COC3)cc3nn(-c4nnc(C(F)F)s4)cc23)C[C@@H]1C. The highest BCUT2D eigenvalue weighted by Crippen LogP contribution is 2.34. The van der Waals surface area contributed by atoms with Gasteiger partial charge in [-0.25, -0.2) is 26.6 Å². The predicted molar refractivity (Wildman–Crippen MR) is 137 cm³/mol. The van der Waals surface area contributed by atoms with Crippen molar-refractivity contribution >= 4 is 43.9 Å². The molecule has 1 atom stereocenters. The number of aromatic nitrogens is 4. The summed E-state index contributed by atoms with van der Waals surface area (Å²) in [4.78, 5) is 16.6. The summed E-state index contributed by atoms with van der Waals surface area (Å²) in [5.74, 6) is -0.0620. The number of nitrogens with one attached hydrogen (secondary N) is 1. The second kappa shape index (κ2) is 9.77. The molecule has 0 spiro atoms. The van der Waals surface area contributed by atoms with E-state index in [0.717, 1.165) is 0 Å². The number of nitrogens with zero attached hydrogens (tertiary/aromatic N) is 6. The maximum Gasteiger partial charge on any atom is 0.291 e. The van der Waals surface area contributed by atoms with E-state index in [1.165, 1.54) is 10.7 Å². The lowest BCUT2D eigenvalue weighted by molar-refractivity contribution is -0.136. The molecule has 2 aliphatic heterocycles. The van der Waals surface area contributed by atoms with Crippen molar-refractivity contribution in [1.82, 2.24) is 29.6 Å². The Morgan fingerprint density at radius 3 is 2.55 bits per heavy atom. The highest BCUT2D eigenvalue weighted by molar-refractivity contribution is 7.89. The van der Waals surface area contributed by atoms with Gasteiger partial charge in [-0.2, -0.15) is 5.10 Å². The molecule has 0 saturated carbocycles. The summed E-state index contributed by atoms with van der Waals surface area (Å²) in [6.45, 7) is 9.43. The maximum atomic E-state index is 13.4. The fraction of sp³-hybridized carbons (Fsp3) is 0.565. The molecule has 4 heterocycles. The van der Waals surface area contributed by atoms with E-state index in [4.69, 9.17) is 4.74 Å². The number of carbonyl (C=O) groups excluding carboxylic acids is 1. The van der Waals surface area contributed by atoms with Crippen LogP contribution in [-0.2, 0) is 19.6 Å². The minimum absolute atomic E-state index is 0.0252. The number of carbonyl (C=O) groups is 1. The number of amides is 1. The summed E-state index contributed by atoms with van der Waals surface area (Å²) in [6.07, 6.45) is -1.12. The van der Waals surface area contributed by atoms with E-state index < -0.39 is 27.0 Å². The Kier molecular flexibility index (Phi) is 6.90. The number of alkyl halides is 2. The molecule has 1 amide bonds. The molecule has 2 fully saturated rings. The number of hydrogen-bond donors (Lipinski definition) is 1. The largest absolute Gasteiger partial charge is 0.377 e. The molecule has 0 unspecified atom stereocenters. The van der Waals surface area contributed by atoms with Crippen molar-refractivity contribution in [1.29, 1.82) is 0 Å². The van der Waals surface area contributed by atoms with Crippen LogP contribution in [0.4, 0.5) is 14.5 Å². The molecular formula is C23H29F2N7O4S2. The van der Waals surface area contributed by atoms with Gasteiger partial charge in [0, 0.05) is 48.9 Å². The molecular weight excluding hydrogens is 540 g/mol. The minimum atomic E-state index is -3.94. The number of hydrogen-bond acceptors (Lipinski definition) is 9. The zero-order valence-corrected chi connectivity index (χ0v) is 23.0. The molecule has 0 bridgehead atoms. The summed E-state index contributed by atoms with van der Waals surface area (Å²) in [5.41, 5.74) is 0.273. The molecule has 2 aromatic heterocycles. The van der Waals surface area contributed by atoms with E-state index in [9.17, 15) is 22.0 Å². The lowest BCUT2D eigenvalue weighted by Crippen LogP contribution is -2.59. The second-order valence-electron chi connectivity index (χ2n) is 10.3. The first-order chi connectivity index (χ1) is 17.9. The lowest BCUT2D eigenvalue weighted by Gasteiger charge is -2.42. The molecule has 3 aromatic rings. The Balaban J connectivity index is 1.56. The third kappa shape index (κ3) is 4.99. The van der Waals surface area contributed by atoms with Gasteiger partial charge >= 0.3 is 0 Å². The van der Waals surface area contributed by atoms with Crippen LogP contribution in [0.1, 0.15) is 39.1 Å². The van der Waals surface area contributed by atoms with Gasteiger partial charge in [-0.3, -0.25) is 4.79 Å².